The van der Waals surface area contributed by atoms with Crippen LogP contribution in [-0.2, 0) is 15.9 Å². The van der Waals surface area contributed by atoms with Crippen LogP contribution in [0.1, 0.15) is 31.8 Å². The van der Waals surface area contributed by atoms with E-state index in [4.69, 9.17) is 9.47 Å². The zero-order valence-electron chi connectivity index (χ0n) is 11.8. The zero-order chi connectivity index (χ0) is 15.0. The third-order valence-corrected chi connectivity index (χ3v) is 3.81. The molecule has 3 rings (SSSR count). The maximum absolute atomic E-state index is 11.9. The van der Waals surface area contributed by atoms with Gasteiger partial charge in [-0.1, -0.05) is 24.3 Å². The molecular weight excluding hydrogens is 268 g/mol. The van der Waals surface area contributed by atoms with E-state index in [9.17, 15) is 9.59 Å². The summed E-state index contributed by atoms with van der Waals surface area (Å²) in [6.45, 7) is 0. The van der Waals surface area contributed by atoms with E-state index >= 15 is 0 Å². The van der Waals surface area contributed by atoms with E-state index in [0.717, 1.165) is 22.3 Å². The predicted octanol–water partition coefficient (Wildman–Crippen LogP) is 2.83. The van der Waals surface area contributed by atoms with Gasteiger partial charge in [-0.2, -0.15) is 0 Å². The van der Waals surface area contributed by atoms with Crippen LogP contribution in [-0.4, -0.2) is 26.2 Å². The standard InChI is InChI=1S/C17H14O4/c1-20-16(18)12-7-3-5-10-11-6-4-8-13(17(19)21-2)15(11)9-14(10)12/h3-8H,9H2,1-2H3. The van der Waals surface area contributed by atoms with Crippen molar-refractivity contribution in [3.8, 4) is 11.1 Å². The van der Waals surface area contributed by atoms with Gasteiger partial charge in [-0.25, -0.2) is 9.59 Å². The second kappa shape index (κ2) is 5.05. The van der Waals surface area contributed by atoms with Crippen molar-refractivity contribution >= 4 is 11.9 Å². The number of benzene rings is 2. The fourth-order valence-electron chi connectivity index (χ4n) is 2.84. The van der Waals surface area contributed by atoms with Crippen molar-refractivity contribution in [1.29, 1.82) is 0 Å². The van der Waals surface area contributed by atoms with Gasteiger partial charge < -0.3 is 9.47 Å². The van der Waals surface area contributed by atoms with Crippen molar-refractivity contribution in [1.82, 2.24) is 0 Å². The number of methoxy groups -OCH3 is 2. The maximum Gasteiger partial charge on any atom is 0.338 e. The Morgan fingerprint density at radius 2 is 1.24 bits per heavy atom. The van der Waals surface area contributed by atoms with Gasteiger partial charge in [0.05, 0.1) is 25.3 Å². The van der Waals surface area contributed by atoms with E-state index in [0.29, 0.717) is 17.5 Å². The Labute approximate surface area is 122 Å². The summed E-state index contributed by atoms with van der Waals surface area (Å²) >= 11 is 0. The summed E-state index contributed by atoms with van der Waals surface area (Å²) < 4.78 is 9.66. The molecule has 4 nitrogen and oxygen atoms in total. The normalized spacial score (nSPS) is 11.5. The lowest BCUT2D eigenvalue weighted by atomic mass is 10.0. The molecule has 0 saturated heterocycles. The molecule has 0 spiro atoms. The SMILES string of the molecule is COC(=O)c1cccc2c1Cc1c(C(=O)OC)cccc1-2. The minimum Gasteiger partial charge on any atom is -0.465 e. The van der Waals surface area contributed by atoms with E-state index in [-0.39, 0.29) is 11.9 Å². The first kappa shape index (κ1) is 13.4. The first-order valence-electron chi connectivity index (χ1n) is 6.58. The third-order valence-electron chi connectivity index (χ3n) is 3.81. The first-order valence-corrected chi connectivity index (χ1v) is 6.58. The highest BCUT2D eigenvalue weighted by Gasteiger charge is 2.27. The Bertz CT molecular complexity index is 683. The highest BCUT2D eigenvalue weighted by molar-refractivity contribution is 5.99. The van der Waals surface area contributed by atoms with E-state index in [1.54, 1.807) is 12.1 Å². The Balaban J connectivity index is 2.18. The van der Waals surface area contributed by atoms with Crippen molar-refractivity contribution in [3.63, 3.8) is 0 Å². The van der Waals surface area contributed by atoms with E-state index < -0.39 is 0 Å². The van der Waals surface area contributed by atoms with E-state index in [1.807, 2.05) is 24.3 Å². The Morgan fingerprint density at radius 1 is 0.810 bits per heavy atom. The second-order valence-electron chi connectivity index (χ2n) is 4.82. The van der Waals surface area contributed by atoms with Crippen LogP contribution in [0.4, 0.5) is 0 Å². The average Bonchev–Trinajstić information content (AvgIpc) is 2.91. The molecule has 0 heterocycles. The molecule has 0 aliphatic heterocycles. The maximum atomic E-state index is 11.9. The van der Waals surface area contributed by atoms with Gasteiger partial charge in [0.2, 0.25) is 0 Å². The van der Waals surface area contributed by atoms with Gasteiger partial charge in [-0.15, -0.1) is 0 Å². The molecular formula is C17H14O4. The average molecular weight is 282 g/mol. The highest BCUT2D eigenvalue weighted by Crippen LogP contribution is 2.40. The quantitative estimate of drug-likeness (QED) is 0.678. The van der Waals surface area contributed by atoms with E-state index in [2.05, 4.69) is 0 Å². The van der Waals surface area contributed by atoms with Crippen molar-refractivity contribution in [3.05, 3.63) is 58.7 Å². The van der Waals surface area contributed by atoms with Crippen LogP contribution in [0.2, 0.25) is 0 Å². The fourth-order valence-corrected chi connectivity index (χ4v) is 2.84. The number of carbonyl (C=O) groups is 2. The molecule has 0 saturated carbocycles. The molecule has 4 heteroatoms. The number of esters is 2. The predicted molar refractivity (Wildman–Crippen MR) is 77.4 cm³/mol. The minimum atomic E-state index is -0.362. The van der Waals surface area contributed by atoms with E-state index in [1.165, 1.54) is 14.2 Å². The molecule has 0 bridgehead atoms. The zero-order valence-corrected chi connectivity index (χ0v) is 11.8. The Kier molecular flexibility index (Phi) is 3.22. The van der Waals surface area contributed by atoms with Crippen LogP contribution in [0.3, 0.4) is 0 Å². The van der Waals surface area contributed by atoms with Gasteiger partial charge in [0.25, 0.3) is 0 Å². The number of hydrogen-bond donors (Lipinski definition) is 0. The van der Waals surface area contributed by atoms with Gasteiger partial charge in [0, 0.05) is 6.42 Å². The van der Waals surface area contributed by atoms with Crippen LogP contribution in [0.5, 0.6) is 0 Å². The summed E-state index contributed by atoms with van der Waals surface area (Å²) in [5.74, 6) is -0.724. The molecule has 0 aromatic heterocycles. The van der Waals surface area contributed by atoms with Gasteiger partial charge in [-0.05, 0) is 34.4 Å². The van der Waals surface area contributed by atoms with Gasteiger partial charge in [0.1, 0.15) is 0 Å². The van der Waals surface area contributed by atoms with Crippen LogP contribution in [0.25, 0.3) is 11.1 Å². The molecule has 0 radical (unpaired) electrons. The lowest BCUT2D eigenvalue weighted by Gasteiger charge is -2.06. The number of carbonyl (C=O) groups excluding carboxylic acids is 2. The molecule has 0 unspecified atom stereocenters. The highest BCUT2D eigenvalue weighted by atomic mass is 16.5. The van der Waals surface area contributed by atoms with Gasteiger partial charge in [-0.3, -0.25) is 0 Å². The van der Waals surface area contributed by atoms with Gasteiger partial charge in [0.15, 0.2) is 0 Å². The largest absolute Gasteiger partial charge is 0.465 e. The van der Waals surface area contributed by atoms with Crippen molar-refractivity contribution in [2.45, 2.75) is 6.42 Å². The molecule has 2 aromatic rings. The number of ether oxygens (including phenoxy) is 2. The summed E-state index contributed by atoms with van der Waals surface area (Å²) in [6.07, 6.45) is 0.529. The summed E-state index contributed by atoms with van der Waals surface area (Å²) in [5.41, 5.74) is 4.83. The molecule has 21 heavy (non-hydrogen) atoms. The minimum absolute atomic E-state index is 0.362. The molecule has 1 aliphatic rings. The Hall–Kier alpha value is -2.62. The second-order valence-corrected chi connectivity index (χ2v) is 4.82. The fraction of sp³-hybridized carbons (Fsp3) is 0.176. The van der Waals surface area contributed by atoms with Crippen molar-refractivity contribution < 1.29 is 19.1 Å². The van der Waals surface area contributed by atoms with Gasteiger partial charge >= 0.3 is 11.9 Å². The van der Waals surface area contributed by atoms with Crippen LogP contribution < -0.4 is 0 Å². The molecule has 0 fully saturated rings. The van der Waals surface area contributed by atoms with Crippen LogP contribution in [0, 0.1) is 0 Å². The molecule has 0 amide bonds. The molecule has 0 N–H and O–H groups in total. The first-order chi connectivity index (χ1) is 10.2. The number of hydrogen-bond acceptors (Lipinski definition) is 4. The molecule has 1 aliphatic carbocycles. The molecule has 2 aromatic carbocycles. The Morgan fingerprint density at radius 3 is 1.62 bits per heavy atom. The topological polar surface area (TPSA) is 52.6 Å². The summed E-state index contributed by atoms with van der Waals surface area (Å²) in [7, 11) is 2.73. The monoisotopic (exact) mass is 282 g/mol. The van der Waals surface area contributed by atoms with Crippen molar-refractivity contribution in [2.24, 2.45) is 0 Å². The number of fused-ring (bicyclic) bond motifs is 3. The summed E-state index contributed by atoms with van der Waals surface area (Å²) in [5, 5.41) is 0. The lowest BCUT2D eigenvalue weighted by Crippen LogP contribution is -2.06. The number of rotatable bonds is 2. The molecule has 0 atom stereocenters. The smallest absolute Gasteiger partial charge is 0.338 e. The van der Waals surface area contributed by atoms with Crippen LogP contribution in [0.15, 0.2) is 36.4 Å². The third kappa shape index (κ3) is 2.00. The lowest BCUT2D eigenvalue weighted by molar-refractivity contribution is 0.0592. The van der Waals surface area contributed by atoms with Crippen LogP contribution >= 0.6 is 0 Å². The molecule has 106 valence electrons. The summed E-state index contributed by atoms with van der Waals surface area (Å²) in [6, 6.07) is 11.0. The summed E-state index contributed by atoms with van der Waals surface area (Å²) in [4.78, 5) is 23.8. The van der Waals surface area contributed by atoms with Crippen molar-refractivity contribution in [2.75, 3.05) is 14.2 Å².